The van der Waals surface area contributed by atoms with Crippen LogP contribution in [0.1, 0.15) is 15.9 Å². The van der Waals surface area contributed by atoms with Crippen LogP contribution in [0.4, 0.5) is 5.69 Å². The Morgan fingerprint density at radius 2 is 1.96 bits per heavy atom. The molecule has 0 atom stereocenters. The first-order chi connectivity index (χ1) is 11.2. The van der Waals surface area contributed by atoms with E-state index in [1.165, 1.54) is 13.2 Å². The first-order valence-electron chi connectivity index (χ1n) is 6.72. The van der Waals surface area contributed by atoms with Crippen molar-refractivity contribution in [3.63, 3.8) is 0 Å². The topological polar surface area (TPSA) is 88.4 Å². The van der Waals surface area contributed by atoms with Gasteiger partial charge in [0.1, 0.15) is 6.29 Å². The molecule has 2 aromatic carbocycles. The zero-order valence-corrected chi connectivity index (χ0v) is 12.4. The summed E-state index contributed by atoms with van der Waals surface area (Å²) in [6, 6.07) is 13.2. The molecule has 6 nitrogen and oxygen atoms in total. The van der Waals surface area contributed by atoms with Gasteiger partial charge in [-0.05, 0) is 42.5 Å². The van der Waals surface area contributed by atoms with Gasteiger partial charge in [0.15, 0.2) is 18.1 Å². The summed E-state index contributed by atoms with van der Waals surface area (Å²) >= 11 is 0. The molecule has 0 fully saturated rings. The highest BCUT2D eigenvalue weighted by atomic mass is 16.5. The number of ether oxygens (including phenoxy) is 2. The first kappa shape index (κ1) is 16.0. The van der Waals surface area contributed by atoms with Crippen molar-refractivity contribution in [3.05, 3.63) is 53.6 Å². The minimum Gasteiger partial charge on any atom is -0.493 e. The standard InChI is InChI=1S/C17H14N2O4/c1-22-16-8-13(10-20)4-7-15(16)23-11-17(21)19-14-5-2-12(9-18)3-6-14/h2-8,10H,11H2,1H3,(H,19,21). The summed E-state index contributed by atoms with van der Waals surface area (Å²) in [5, 5.41) is 11.4. The van der Waals surface area contributed by atoms with Crippen molar-refractivity contribution in [2.24, 2.45) is 0 Å². The highest BCUT2D eigenvalue weighted by molar-refractivity contribution is 5.92. The Hall–Kier alpha value is -3.33. The van der Waals surface area contributed by atoms with Gasteiger partial charge in [0.05, 0.1) is 18.7 Å². The first-order valence-corrected chi connectivity index (χ1v) is 6.72. The second-order valence-corrected chi connectivity index (χ2v) is 4.55. The van der Waals surface area contributed by atoms with E-state index in [-0.39, 0.29) is 12.5 Å². The molecule has 0 bridgehead atoms. The van der Waals surface area contributed by atoms with Crippen LogP contribution in [0.5, 0.6) is 11.5 Å². The fourth-order valence-corrected chi connectivity index (χ4v) is 1.85. The number of hydrogen-bond acceptors (Lipinski definition) is 5. The van der Waals surface area contributed by atoms with Crippen molar-refractivity contribution >= 4 is 17.9 Å². The number of nitriles is 1. The highest BCUT2D eigenvalue weighted by Gasteiger charge is 2.09. The molecule has 0 aliphatic rings. The summed E-state index contributed by atoms with van der Waals surface area (Å²) in [6.45, 7) is -0.212. The number of methoxy groups -OCH3 is 1. The Morgan fingerprint density at radius 3 is 2.57 bits per heavy atom. The van der Waals surface area contributed by atoms with E-state index in [1.54, 1.807) is 36.4 Å². The van der Waals surface area contributed by atoms with Gasteiger partial charge in [-0.2, -0.15) is 5.26 Å². The SMILES string of the molecule is COc1cc(C=O)ccc1OCC(=O)Nc1ccc(C#N)cc1. The predicted molar refractivity (Wildman–Crippen MR) is 83.7 cm³/mol. The average Bonchev–Trinajstić information content (AvgIpc) is 2.60. The molecule has 0 spiro atoms. The molecule has 0 heterocycles. The Bertz CT molecular complexity index is 748. The van der Waals surface area contributed by atoms with Crippen molar-refractivity contribution in [3.8, 4) is 17.6 Å². The van der Waals surface area contributed by atoms with Crippen LogP contribution >= 0.6 is 0 Å². The Morgan fingerprint density at radius 1 is 1.22 bits per heavy atom. The van der Waals surface area contributed by atoms with Crippen molar-refractivity contribution in [2.45, 2.75) is 0 Å². The van der Waals surface area contributed by atoms with Crippen LogP contribution in [0.3, 0.4) is 0 Å². The fraction of sp³-hybridized carbons (Fsp3) is 0.118. The molecule has 0 saturated heterocycles. The van der Waals surface area contributed by atoms with Crippen LogP contribution in [0.25, 0.3) is 0 Å². The average molecular weight is 310 g/mol. The predicted octanol–water partition coefficient (Wildman–Crippen LogP) is 2.40. The lowest BCUT2D eigenvalue weighted by Gasteiger charge is -2.11. The number of amides is 1. The Kier molecular flexibility index (Phi) is 5.31. The zero-order valence-electron chi connectivity index (χ0n) is 12.4. The molecule has 1 N–H and O–H groups in total. The van der Waals surface area contributed by atoms with Gasteiger partial charge in [0, 0.05) is 11.3 Å². The molecular formula is C17H14N2O4. The molecule has 23 heavy (non-hydrogen) atoms. The minimum atomic E-state index is -0.351. The van der Waals surface area contributed by atoms with Gasteiger partial charge in [0.2, 0.25) is 0 Å². The quantitative estimate of drug-likeness (QED) is 0.828. The number of nitrogens with one attached hydrogen (secondary N) is 1. The molecule has 0 aromatic heterocycles. The van der Waals surface area contributed by atoms with E-state index in [9.17, 15) is 9.59 Å². The van der Waals surface area contributed by atoms with E-state index in [1.807, 2.05) is 6.07 Å². The van der Waals surface area contributed by atoms with E-state index in [0.29, 0.717) is 34.6 Å². The zero-order chi connectivity index (χ0) is 16.7. The second-order valence-electron chi connectivity index (χ2n) is 4.55. The van der Waals surface area contributed by atoms with Gasteiger partial charge < -0.3 is 14.8 Å². The number of rotatable bonds is 6. The van der Waals surface area contributed by atoms with Crippen LogP contribution in [0.2, 0.25) is 0 Å². The van der Waals surface area contributed by atoms with Gasteiger partial charge in [-0.3, -0.25) is 9.59 Å². The lowest BCUT2D eigenvalue weighted by atomic mass is 10.2. The Labute approximate surface area is 133 Å². The number of nitrogens with zero attached hydrogens (tertiary/aromatic N) is 1. The van der Waals surface area contributed by atoms with Crippen LogP contribution in [0.15, 0.2) is 42.5 Å². The number of carbonyl (C=O) groups excluding carboxylic acids is 2. The fourth-order valence-electron chi connectivity index (χ4n) is 1.85. The maximum absolute atomic E-state index is 11.9. The normalized spacial score (nSPS) is 9.57. The molecule has 2 rings (SSSR count). The smallest absolute Gasteiger partial charge is 0.262 e. The molecule has 0 unspecified atom stereocenters. The van der Waals surface area contributed by atoms with Crippen molar-refractivity contribution in [1.82, 2.24) is 0 Å². The summed E-state index contributed by atoms with van der Waals surface area (Å²) in [6.07, 6.45) is 0.698. The van der Waals surface area contributed by atoms with Gasteiger partial charge in [-0.15, -0.1) is 0 Å². The summed E-state index contributed by atoms with van der Waals surface area (Å²) < 4.78 is 10.5. The number of aldehydes is 1. The third-order valence-electron chi connectivity index (χ3n) is 2.98. The van der Waals surface area contributed by atoms with E-state index in [2.05, 4.69) is 5.32 Å². The largest absolute Gasteiger partial charge is 0.493 e. The van der Waals surface area contributed by atoms with Crippen molar-refractivity contribution in [1.29, 1.82) is 5.26 Å². The van der Waals surface area contributed by atoms with Crippen LogP contribution in [-0.2, 0) is 4.79 Å². The third kappa shape index (κ3) is 4.32. The molecular weight excluding hydrogens is 296 g/mol. The van der Waals surface area contributed by atoms with Gasteiger partial charge in [0.25, 0.3) is 5.91 Å². The molecule has 0 aliphatic carbocycles. The number of anilines is 1. The molecule has 0 saturated carbocycles. The van der Waals surface area contributed by atoms with E-state index < -0.39 is 0 Å². The summed E-state index contributed by atoms with van der Waals surface area (Å²) in [7, 11) is 1.45. The van der Waals surface area contributed by atoms with Crippen LogP contribution in [0, 0.1) is 11.3 Å². The maximum atomic E-state index is 11.9. The monoisotopic (exact) mass is 310 g/mol. The molecule has 116 valence electrons. The van der Waals surface area contributed by atoms with Crippen LogP contribution < -0.4 is 14.8 Å². The highest BCUT2D eigenvalue weighted by Crippen LogP contribution is 2.27. The van der Waals surface area contributed by atoms with Crippen molar-refractivity contribution in [2.75, 3.05) is 19.0 Å². The molecule has 2 aromatic rings. The molecule has 0 radical (unpaired) electrons. The van der Waals surface area contributed by atoms with Gasteiger partial charge in [-0.25, -0.2) is 0 Å². The second kappa shape index (κ2) is 7.61. The van der Waals surface area contributed by atoms with Crippen molar-refractivity contribution < 1.29 is 19.1 Å². The lowest BCUT2D eigenvalue weighted by Crippen LogP contribution is -2.20. The summed E-state index contributed by atoms with van der Waals surface area (Å²) in [4.78, 5) is 22.6. The van der Waals surface area contributed by atoms with Crippen LogP contribution in [-0.4, -0.2) is 25.9 Å². The number of carbonyl (C=O) groups is 2. The van der Waals surface area contributed by atoms with E-state index >= 15 is 0 Å². The summed E-state index contributed by atoms with van der Waals surface area (Å²) in [5.41, 5.74) is 1.54. The van der Waals surface area contributed by atoms with Gasteiger partial charge in [-0.1, -0.05) is 0 Å². The minimum absolute atomic E-state index is 0.212. The van der Waals surface area contributed by atoms with E-state index in [0.717, 1.165) is 0 Å². The van der Waals surface area contributed by atoms with Gasteiger partial charge >= 0.3 is 0 Å². The Balaban J connectivity index is 1.96. The number of hydrogen-bond donors (Lipinski definition) is 1. The molecule has 0 aliphatic heterocycles. The molecule has 1 amide bonds. The molecule has 6 heteroatoms. The summed E-state index contributed by atoms with van der Waals surface area (Å²) in [5.74, 6) is 0.394. The van der Waals surface area contributed by atoms with E-state index in [4.69, 9.17) is 14.7 Å². The maximum Gasteiger partial charge on any atom is 0.262 e. The number of benzene rings is 2. The lowest BCUT2D eigenvalue weighted by molar-refractivity contribution is -0.118. The third-order valence-corrected chi connectivity index (χ3v) is 2.98.